The van der Waals surface area contributed by atoms with Gasteiger partial charge in [-0.3, -0.25) is 4.79 Å². The molecule has 4 rings (SSSR count). The first-order chi connectivity index (χ1) is 12.1. The van der Waals surface area contributed by atoms with Gasteiger partial charge < -0.3 is 14.6 Å². The molecule has 1 saturated carbocycles. The van der Waals surface area contributed by atoms with Crippen LogP contribution >= 0.6 is 22.9 Å². The first-order valence-electron chi connectivity index (χ1n) is 7.78. The SMILES string of the molecule is COc1ccc(NC(=O)C2(c3cc(-c4cccs4)on3)CC2)cc1Cl. The molecular formula is C18H15ClN2O3S. The molecule has 0 atom stereocenters. The van der Waals surface area contributed by atoms with E-state index in [1.165, 1.54) is 0 Å². The van der Waals surface area contributed by atoms with E-state index in [9.17, 15) is 4.79 Å². The molecule has 25 heavy (non-hydrogen) atoms. The molecule has 1 amide bonds. The Kier molecular flexibility index (Phi) is 4.01. The molecular weight excluding hydrogens is 360 g/mol. The number of carbonyl (C=O) groups excluding carboxylic acids is 1. The molecule has 0 bridgehead atoms. The van der Waals surface area contributed by atoms with Gasteiger partial charge in [-0.05, 0) is 42.5 Å². The Bertz CT molecular complexity index is 916. The minimum atomic E-state index is -0.620. The van der Waals surface area contributed by atoms with Crippen molar-refractivity contribution in [3.8, 4) is 16.4 Å². The minimum Gasteiger partial charge on any atom is -0.495 e. The highest BCUT2D eigenvalue weighted by molar-refractivity contribution is 7.13. The molecule has 0 unspecified atom stereocenters. The van der Waals surface area contributed by atoms with E-state index in [2.05, 4.69) is 10.5 Å². The maximum Gasteiger partial charge on any atom is 0.236 e. The molecule has 1 fully saturated rings. The van der Waals surface area contributed by atoms with Gasteiger partial charge in [-0.15, -0.1) is 11.3 Å². The summed E-state index contributed by atoms with van der Waals surface area (Å²) in [5, 5.41) is 9.49. The third kappa shape index (κ3) is 2.92. The Balaban J connectivity index is 1.54. The molecule has 1 aromatic carbocycles. The number of hydrogen-bond donors (Lipinski definition) is 1. The van der Waals surface area contributed by atoms with Crippen molar-refractivity contribution < 1.29 is 14.1 Å². The predicted molar refractivity (Wildman–Crippen MR) is 97.4 cm³/mol. The quantitative estimate of drug-likeness (QED) is 0.700. The highest BCUT2D eigenvalue weighted by atomic mass is 35.5. The second-order valence-corrected chi connectivity index (χ2v) is 7.29. The second kappa shape index (κ2) is 6.20. The zero-order valence-corrected chi connectivity index (χ0v) is 15.0. The van der Waals surface area contributed by atoms with Gasteiger partial charge in [0.05, 0.1) is 28.1 Å². The number of nitrogens with one attached hydrogen (secondary N) is 1. The number of ether oxygens (including phenoxy) is 1. The van der Waals surface area contributed by atoms with Crippen LogP contribution < -0.4 is 10.1 Å². The first kappa shape index (κ1) is 16.2. The van der Waals surface area contributed by atoms with Gasteiger partial charge >= 0.3 is 0 Å². The van der Waals surface area contributed by atoms with E-state index >= 15 is 0 Å². The van der Waals surface area contributed by atoms with Crippen molar-refractivity contribution in [1.29, 1.82) is 0 Å². The highest BCUT2D eigenvalue weighted by Crippen LogP contribution is 2.49. The number of amides is 1. The summed E-state index contributed by atoms with van der Waals surface area (Å²) in [5.74, 6) is 1.16. The Morgan fingerprint density at radius 1 is 1.36 bits per heavy atom. The van der Waals surface area contributed by atoms with E-state index < -0.39 is 5.41 Å². The molecule has 7 heteroatoms. The van der Waals surface area contributed by atoms with Gasteiger partial charge in [0.2, 0.25) is 5.91 Å². The number of methoxy groups -OCH3 is 1. The number of halogens is 1. The largest absolute Gasteiger partial charge is 0.495 e. The van der Waals surface area contributed by atoms with E-state index in [4.69, 9.17) is 20.9 Å². The molecule has 1 N–H and O–H groups in total. The monoisotopic (exact) mass is 374 g/mol. The lowest BCUT2D eigenvalue weighted by Crippen LogP contribution is -2.28. The molecule has 1 aliphatic carbocycles. The van der Waals surface area contributed by atoms with Crippen molar-refractivity contribution in [3.63, 3.8) is 0 Å². The van der Waals surface area contributed by atoms with Gasteiger partial charge in [0, 0.05) is 11.8 Å². The van der Waals surface area contributed by atoms with Crippen LogP contribution in [0.2, 0.25) is 5.02 Å². The lowest BCUT2D eigenvalue weighted by Gasteiger charge is -2.13. The molecule has 128 valence electrons. The van der Waals surface area contributed by atoms with Crippen LogP contribution in [0.25, 0.3) is 10.6 Å². The summed E-state index contributed by atoms with van der Waals surface area (Å²) in [6.45, 7) is 0. The van der Waals surface area contributed by atoms with Crippen LogP contribution in [0.3, 0.4) is 0 Å². The molecule has 0 spiro atoms. The molecule has 5 nitrogen and oxygen atoms in total. The van der Waals surface area contributed by atoms with Crippen LogP contribution in [0, 0.1) is 0 Å². The molecule has 0 saturated heterocycles. The number of thiophene rings is 1. The fourth-order valence-electron chi connectivity index (χ4n) is 2.76. The van der Waals surface area contributed by atoms with E-state index in [1.54, 1.807) is 36.6 Å². The van der Waals surface area contributed by atoms with Crippen LogP contribution in [-0.4, -0.2) is 18.2 Å². The number of anilines is 1. The maximum absolute atomic E-state index is 12.8. The van der Waals surface area contributed by atoms with Crippen molar-refractivity contribution in [2.24, 2.45) is 0 Å². The fourth-order valence-corrected chi connectivity index (χ4v) is 3.69. The van der Waals surface area contributed by atoms with E-state index in [0.29, 0.717) is 27.9 Å². The summed E-state index contributed by atoms with van der Waals surface area (Å²) in [6.07, 6.45) is 1.50. The Morgan fingerprint density at radius 2 is 2.20 bits per heavy atom. The van der Waals surface area contributed by atoms with Gasteiger partial charge in [-0.2, -0.15) is 0 Å². The van der Waals surface area contributed by atoms with Crippen molar-refractivity contribution in [3.05, 3.63) is 52.5 Å². The van der Waals surface area contributed by atoms with Crippen molar-refractivity contribution in [2.45, 2.75) is 18.3 Å². The lowest BCUT2D eigenvalue weighted by molar-refractivity contribution is -0.118. The molecule has 1 aliphatic rings. The summed E-state index contributed by atoms with van der Waals surface area (Å²) < 4.78 is 10.6. The molecule has 3 aromatic rings. The standard InChI is InChI=1S/C18H15ClN2O3S/c1-23-13-5-4-11(9-12(13)19)20-17(22)18(6-7-18)16-10-14(24-21-16)15-3-2-8-25-15/h2-5,8-10H,6-7H2,1H3,(H,20,22). The minimum absolute atomic E-state index is 0.0974. The lowest BCUT2D eigenvalue weighted by atomic mass is 10.0. The number of nitrogens with zero attached hydrogens (tertiary/aromatic N) is 1. The molecule has 2 heterocycles. The summed E-state index contributed by atoms with van der Waals surface area (Å²) >= 11 is 7.69. The smallest absolute Gasteiger partial charge is 0.236 e. The van der Waals surface area contributed by atoms with Crippen molar-refractivity contribution in [2.75, 3.05) is 12.4 Å². The topological polar surface area (TPSA) is 64.4 Å². The number of aromatic nitrogens is 1. The number of rotatable bonds is 5. The number of benzene rings is 1. The zero-order chi connectivity index (χ0) is 17.4. The Morgan fingerprint density at radius 3 is 2.84 bits per heavy atom. The summed E-state index contributed by atoms with van der Waals surface area (Å²) in [6, 6.07) is 10.9. The van der Waals surface area contributed by atoms with Gasteiger partial charge in [-0.1, -0.05) is 22.8 Å². The molecule has 2 aromatic heterocycles. The Hall–Kier alpha value is -2.31. The number of carbonyl (C=O) groups is 1. The van der Waals surface area contributed by atoms with Crippen molar-refractivity contribution in [1.82, 2.24) is 5.16 Å². The van der Waals surface area contributed by atoms with Crippen LogP contribution in [-0.2, 0) is 10.2 Å². The van der Waals surface area contributed by atoms with E-state index in [-0.39, 0.29) is 5.91 Å². The van der Waals surface area contributed by atoms with Gasteiger partial charge in [0.1, 0.15) is 5.75 Å². The second-order valence-electron chi connectivity index (χ2n) is 5.94. The summed E-state index contributed by atoms with van der Waals surface area (Å²) in [4.78, 5) is 13.8. The third-order valence-electron chi connectivity index (χ3n) is 4.36. The van der Waals surface area contributed by atoms with Gasteiger partial charge in [0.25, 0.3) is 0 Å². The third-order valence-corrected chi connectivity index (χ3v) is 5.54. The molecule has 0 radical (unpaired) electrons. The molecule has 0 aliphatic heterocycles. The Labute approximate surface area is 153 Å². The number of hydrogen-bond acceptors (Lipinski definition) is 5. The first-order valence-corrected chi connectivity index (χ1v) is 9.04. The van der Waals surface area contributed by atoms with Crippen LogP contribution in [0.1, 0.15) is 18.5 Å². The van der Waals surface area contributed by atoms with E-state index in [1.807, 2.05) is 23.6 Å². The fraction of sp³-hybridized carbons (Fsp3) is 0.222. The highest BCUT2D eigenvalue weighted by Gasteiger charge is 2.53. The summed E-state index contributed by atoms with van der Waals surface area (Å²) in [7, 11) is 1.55. The van der Waals surface area contributed by atoms with Crippen LogP contribution in [0.15, 0.2) is 46.3 Å². The maximum atomic E-state index is 12.8. The van der Waals surface area contributed by atoms with Crippen molar-refractivity contribution >= 4 is 34.5 Å². The van der Waals surface area contributed by atoms with Gasteiger partial charge in [0.15, 0.2) is 5.76 Å². The van der Waals surface area contributed by atoms with Gasteiger partial charge in [-0.25, -0.2) is 0 Å². The van der Waals surface area contributed by atoms with E-state index in [0.717, 1.165) is 17.7 Å². The van der Waals surface area contributed by atoms with Crippen LogP contribution in [0.5, 0.6) is 5.75 Å². The normalized spacial score (nSPS) is 15.0. The average Bonchev–Trinajstić information content (AvgIpc) is 3.02. The van der Waals surface area contributed by atoms with Crippen LogP contribution in [0.4, 0.5) is 5.69 Å². The zero-order valence-electron chi connectivity index (χ0n) is 13.4. The average molecular weight is 375 g/mol. The predicted octanol–water partition coefficient (Wildman–Crippen LogP) is 4.74. The summed E-state index contributed by atoms with van der Waals surface area (Å²) in [5.41, 5.74) is 0.683.